The first-order valence-corrected chi connectivity index (χ1v) is 10.3. The third-order valence-corrected chi connectivity index (χ3v) is 5.78. The Morgan fingerprint density at radius 3 is 2.83 bits per heavy atom. The van der Waals surface area contributed by atoms with Gasteiger partial charge in [0.15, 0.2) is 0 Å². The molecule has 0 spiro atoms. The Morgan fingerprint density at radius 2 is 2.03 bits per heavy atom. The fraction of sp³-hybridized carbons (Fsp3) is 0.391. The van der Waals surface area contributed by atoms with Gasteiger partial charge in [0.2, 0.25) is 0 Å². The predicted molar refractivity (Wildman–Crippen MR) is 112 cm³/mol. The quantitative estimate of drug-likeness (QED) is 0.691. The molecule has 5 nitrogen and oxygen atoms in total. The van der Waals surface area contributed by atoms with Crippen LogP contribution < -0.4 is 5.32 Å². The minimum absolute atomic E-state index is 0.0638. The number of hydrogen-bond donors (Lipinski definition) is 1. The highest BCUT2D eigenvalue weighted by Gasteiger charge is 2.18. The van der Waals surface area contributed by atoms with Crippen LogP contribution in [0, 0.1) is 5.82 Å². The van der Waals surface area contributed by atoms with Crippen molar-refractivity contribution in [1.29, 1.82) is 0 Å². The first-order valence-electron chi connectivity index (χ1n) is 10.3. The van der Waals surface area contributed by atoms with Crippen molar-refractivity contribution in [1.82, 2.24) is 20.0 Å². The summed E-state index contributed by atoms with van der Waals surface area (Å²) in [7, 11) is 0. The summed E-state index contributed by atoms with van der Waals surface area (Å²) in [4.78, 5) is 15.1. The number of halogens is 1. The number of rotatable bonds is 6. The van der Waals surface area contributed by atoms with Gasteiger partial charge in [-0.25, -0.2) is 4.39 Å². The molecular weight excluding hydrogens is 367 g/mol. The molecule has 0 unspecified atom stereocenters. The van der Waals surface area contributed by atoms with E-state index in [1.165, 1.54) is 31.4 Å². The van der Waals surface area contributed by atoms with Crippen LogP contribution in [-0.2, 0) is 6.54 Å². The molecule has 1 aliphatic rings. The Balaban J connectivity index is 1.42. The standard InChI is InChI=1S/C23H27FN4O/c1-17-4-2-3-12-27(17)13-11-25-23(29)19-7-8-20-15-26-28(22(20)14-19)16-18-5-9-21(24)10-6-18/h5-10,14-15,17H,2-4,11-13,16H2,1H3,(H,25,29)/t17-/m1/s1. The molecule has 2 heterocycles. The maximum atomic E-state index is 13.1. The Labute approximate surface area is 170 Å². The Kier molecular flexibility index (Phi) is 5.90. The molecule has 1 aliphatic heterocycles. The minimum atomic E-state index is -0.253. The van der Waals surface area contributed by atoms with E-state index in [1.807, 2.05) is 22.9 Å². The largest absolute Gasteiger partial charge is 0.351 e. The van der Waals surface area contributed by atoms with Crippen molar-refractivity contribution in [2.75, 3.05) is 19.6 Å². The van der Waals surface area contributed by atoms with Gasteiger partial charge in [-0.2, -0.15) is 5.10 Å². The van der Waals surface area contributed by atoms with Crippen molar-refractivity contribution in [3.63, 3.8) is 0 Å². The zero-order valence-corrected chi connectivity index (χ0v) is 16.8. The van der Waals surface area contributed by atoms with Gasteiger partial charge in [-0.05, 0) is 56.1 Å². The van der Waals surface area contributed by atoms with Crippen LogP contribution in [0.5, 0.6) is 0 Å². The Hall–Kier alpha value is -2.73. The van der Waals surface area contributed by atoms with Crippen molar-refractivity contribution >= 4 is 16.8 Å². The number of carbonyl (C=O) groups excluding carboxylic acids is 1. The van der Waals surface area contributed by atoms with E-state index in [1.54, 1.807) is 18.3 Å². The van der Waals surface area contributed by atoms with Gasteiger partial charge in [-0.1, -0.05) is 24.6 Å². The van der Waals surface area contributed by atoms with Crippen molar-refractivity contribution in [3.8, 4) is 0 Å². The van der Waals surface area contributed by atoms with Crippen LogP contribution in [0.25, 0.3) is 10.9 Å². The number of hydrogen-bond acceptors (Lipinski definition) is 3. The molecule has 2 aromatic carbocycles. The molecule has 1 aromatic heterocycles. The topological polar surface area (TPSA) is 50.2 Å². The first-order chi connectivity index (χ1) is 14.1. The summed E-state index contributed by atoms with van der Waals surface area (Å²) in [6.07, 6.45) is 5.57. The smallest absolute Gasteiger partial charge is 0.251 e. The monoisotopic (exact) mass is 394 g/mol. The lowest BCUT2D eigenvalue weighted by Crippen LogP contribution is -2.42. The van der Waals surface area contributed by atoms with Gasteiger partial charge in [0, 0.05) is 30.1 Å². The average Bonchev–Trinajstić information content (AvgIpc) is 3.13. The Bertz CT molecular complexity index is 982. The van der Waals surface area contributed by atoms with E-state index in [4.69, 9.17) is 0 Å². The molecule has 1 saturated heterocycles. The number of nitrogens with zero attached hydrogens (tertiary/aromatic N) is 3. The molecule has 1 fully saturated rings. The predicted octanol–water partition coefficient (Wildman–Crippen LogP) is 3.83. The molecule has 152 valence electrons. The van der Waals surface area contributed by atoms with Crippen LogP contribution >= 0.6 is 0 Å². The molecule has 0 aliphatic carbocycles. The van der Waals surface area contributed by atoms with Crippen LogP contribution in [0.4, 0.5) is 4.39 Å². The normalized spacial score (nSPS) is 17.5. The molecule has 1 amide bonds. The second kappa shape index (κ2) is 8.74. The van der Waals surface area contributed by atoms with Gasteiger partial charge in [-0.15, -0.1) is 0 Å². The highest BCUT2D eigenvalue weighted by Crippen LogP contribution is 2.18. The van der Waals surface area contributed by atoms with Crippen LogP contribution in [0.15, 0.2) is 48.7 Å². The van der Waals surface area contributed by atoms with Gasteiger partial charge in [-0.3, -0.25) is 14.4 Å². The minimum Gasteiger partial charge on any atom is -0.351 e. The zero-order chi connectivity index (χ0) is 20.2. The van der Waals surface area contributed by atoms with Crippen LogP contribution in [-0.4, -0.2) is 46.3 Å². The molecule has 3 aromatic rings. The van der Waals surface area contributed by atoms with Crippen molar-refractivity contribution in [3.05, 3.63) is 65.6 Å². The molecule has 0 radical (unpaired) electrons. The van der Waals surface area contributed by atoms with Crippen molar-refractivity contribution < 1.29 is 9.18 Å². The number of amides is 1. The maximum absolute atomic E-state index is 13.1. The fourth-order valence-electron chi connectivity index (χ4n) is 4.01. The lowest BCUT2D eigenvalue weighted by Gasteiger charge is -2.33. The lowest BCUT2D eigenvalue weighted by molar-refractivity contribution is 0.0938. The SMILES string of the molecule is C[C@@H]1CCCCN1CCNC(=O)c1ccc2cnn(Cc3ccc(F)cc3)c2c1. The molecule has 0 bridgehead atoms. The van der Waals surface area contributed by atoms with Crippen molar-refractivity contribution in [2.45, 2.75) is 38.8 Å². The molecule has 1 atom stereocenters. The fourth-order valence-corrected chi connectivity index (χ4v) is 4.01. The summed E-state index contributed by atoms with van der Waals surface area (Å²) in [6, 6.07) is 12.6. The highest BCUT2D eigenvalue weighted by molar-refractivity contribution is 5.97. The second-order valence-electron chi connectivity index (χ2n) is 7.84. The summed E-state index contributed by atoms with van der Waals surface area (Å²) in [5, 5.41) is 8.45. The van der Waals surface area contributed by atoms with E-state index in [9.17, 15) is 9.18 Å². The maximum Gasteiger partial charge on any atom is 0.251 e. The van der Waals surface area contributed by atoms with E-state index in [0.717, 1.165) is 29.6 Å². The molecule has 6 heteroatoms. The van der Waals surface area contributed by atoms with Gasteiger partial charge in [0.25, 0.3) is 5.91 Å². The lowest BCUT2D eigenvalue weighted by atomic mass is 10.0. The number of piperidine rings is 1. The summed E-state index contributed by atoms with van der Waals surface area (Å²) in [5.74, 6) is -0.317. The number of likely N-dealkylation sites (tertiary alicyclic amines) is 1. The summed E-state index contributed by atoms with van der Waals surface area (Å²) >= 11 is 0. The molecule has 29 heavy (non-hydrogen) atoms. The number of fused-ring (bicyclic) bond motifs is 1. The number of benzene rings is 2. The van der Waals surface area contributed by atoms with Crippen LogP contribution in [0.3, 0.4) is 0 Å². The van der Waals surface area contributed by atoms with E-state index >= 15 is 0 Å². The summed E-state index contributed by atoms with van der Waals surface area (Å²) in [5.41, 5.74) is 2.48. The molecule has 0 saturated carbocycles. The number of aromatic nitrogens is 2. The summed E-state index contributed by atoms with van der Waals surface area (Å²) in [6.45, 7) is 5.44. The highest BCUT2D eigenvalue weighted by atomic mass is 19.1. The van der Waals surface area contributed by atoms with Gasteiger partial charge < -0.3 is 5.32 Å². The van der Waals surface area contributed by atoms with Crippen LogP contribution in [0.2, 0.25) is 0 Å². The van der Waals surface area contributed by atoms with E-state index in [-0.39, 0.29) is 11.7 Å². The van der Waals surface area contributed by atoms with Crippen LogP contribution in [0.1, 0.15) is 42.1 Å². The van der Waals surface area contributed by atoms with Crippen molar-refractivity contribution in [2.24, 2.45) is 0 Å². The second-order valence-corrected chi connectivity index (χ2v) is 7.84. The van der Waals surface area contributed by atoms with E-state index < -0.39 is 0 Å². The third kappa shape index (κ3) is 4.65. The summed E-state index contributed by atoms with van der Waals surface area (Å²) < 4.78 is 15.0. The van der Waals surface area contributed by atoms with E-state index in [0.29, 0.717) is 24.7 Å². The van der Waals surface area contributed by atoms with E-state index in [2.05, 4.69) is 22.2 Å². The average molecular weight is 394 g/mol. The Morgan fingerprint density at radius 1 is 1.21 bits per heavy atom. The van der Waals surface area contributed by atoms with Gasteiger partial charge in [0.1, 0.15) is 5.82 Å². The molecule has 1 N–H and O–H groups in total. The third-order valence-electron chi connectivity index (χ3n) is 5.78. The van der Waals surface area contributed by atoms with Gasteiger partial charge >= 0.3 is 0 Å². The first kappa shape index (κ1) is 19.6. The number of carbonyl (C=O) groups is 1. The molecular formula is C23H27FN4O. The molecule has 4 rings (SSSR count). The van der Waals surface area contributed by atoms with Gasteiger partial charge in [0.05, 0.1) is 18.3 Å². The number of nitrogens with one attached hydrogen (secondary N) is 1. The zero-order valence-electron chi connectivity index (χ0n) is 16.8.